The van der Waals surface area contributed by atoms with Crippen molar-refractivity contribution in [2.75, 3.05) is 13.7 Å². The van der Waals surface area contributed by atoms with Crippen LogP contribution in [0.25, 0.3) is 10.8 Å². The van der Waals surface area contributed by atoms with Crippen LogP contribution in [-0.2, 0) is 4.74 Å². The van der Waals surface area contributed by atoms with E-state index in [1.807, 2.05) is 0 Å². The van der Waals surface area contributed by atoms with Gasteiger partial charge in [0.2, 0.25) is 0 Å². The summed E-state index contributed by atoms with van der Waals surface area (Å²) in [6.45, 7) is 4.94. The van der Waals surface area contributed by atoms with Gasteiger partial charge in [0.25, 0.3) is 0 Å². The van der Waals surface area contributed by atoms with Crippen LogP contribution in [0.1, 0.15) is 25.3 Å². The molecule has 1 unspecified atom stereocenters. The van der Waals surface area contributed by atoms with Crippen LogP contribution in [0.2, 0.25) is 0 Å². The van der Waals surface area contributed by atoms with Crippen molar-refractivity contribution in [3.05, 3.63) is 42.0 Å². The second-order valence-electron chi connectivity index (χ2n) is 5.37. The van der Waals surface area contributed by atoms with Crippen molar-refractivity contribution in [1.29, 1.82) is 0 Å². The molecule has 94 valence electrons. The van der Waals surface area contributed by atoms with Gasteiger partial charge in [-0.05, 0) is 30.7 Å². The molecule has 0 saturated carbocycles. The minimum absolute atomic E-state index is 0.213. The normalized spacial score (nSPS) is 18.7. The number of rotatable bonds is 2. The van der Waals surface area contributed by atoms with Gasteiger partial charge in [0.15, 0.2) is 0 Å². The summed E-state index contributed by atoms with van der Waals surface area (Å²) in [6.07, 6.45) is 0. The first-order chi connectivity index (χ1) is 8.63. The molecule has 1 heterocycles. The Morgan fingerprint density at radius 1 is 1.17 bits per heavy atom. The van der Waals surface area contributed by atoms with Crippen molar-refractivity contribution in [2.24, 2.45) is 0 Å². The van der Waals surface area contributed by atoms with Crippen LogP contribution in [0.4, 0.5) is 0 Å². The molecule has 1 atom stereocenters. The fraction of sp³-hybridized carbons (Fsp3) is 0.375. The van der Waals surface area contributed by atoms with E-state index in [2.05, 4.69) is 50.2 Å². The van der Waals surface area contributed by atoms with Gasteiger partial charge >= 0.3 is 0 Å². The van der Waals surface area contributed by atoms with Crippen molar-refractivity contribution < 1.29 is 9.47 Å². The summed E-state index contributed by atoms with van der Waals surface area (Å²) in [4.78, 5) is 0. The van der Waals surface area contributed by atoms with Gasteiger partial charge in [-0.2, -0.15) is 0 Å². The van der Waals surface area contributed by atoms with E-state index in [4.69, 9.17) is 9.47 Å². The van der Waals surface area contributed by atoms with Crippen LogP contribution >= 0.6 is 0 Å². The molecule has 0 aromatic heterocycles. The van der Waals surface area contributed by atoms with E-state index in [9.17, 15) is 0 Å². The van der Waals surface area contributed by atoms with Crippen molar-refractivity contribution in [3.8, 4) is 5.75 Å². The Bertz CT molecular complexity index is 587. The third-order valence-corrected chi connectivity index (χ3v) is 4.05. The standard InChI is InChI=1S/C16H18O2/c1-16(2,17-3)13-10-18-14-9-8-11-6-4-5-7-12(11)15(13)14/h4-9,13H,10H2,1-3H3. The van der Waals surface area contributed by atoms with Gasteiger partial charge in [-0.3, -0.25) is 0 Å². The van der Waals surface area contributed by atoms with Gasteiger partial charge in [0.05, 0.1) is 18.1 Å². The van der Waals surface area contributed by atoms with Crippen LogP contribution < -0.4 is 4.74 Å². The largest absolute Gasteiger partial charge is 0.493 e. The maximum Gasteiger partial charge on any atom is 0.123 e. The quantitative estimate of drug-likeness (QED) is 0.798. The average molecular weight is 242 g/mol. The van der Waals surface area contributed by atoms with E-state index in [1.165, 1.54) is 16.3 Å². The molecule has 1 aliphatic heterocycles. The minimum Gasteiger partial charge on any atom is -0.493 e. The summed E-state index contributed by atoms with van der Waals surface area (Å²) in [5, 5.41) is 2.54. The lowest BCUT2D eigenvalue weighted by atomic mass is 9.83. The molecule has 2 nitrogen and oxygen atoms in total. The van der Waals surface area contributed by atoms with Crippen molar-refractivity contribution in [2.45, 2.75) is 25.4 Å². The number of hydrogen-bond acceptors (Lipinski definition) is 2. The molecule has 2 heteroatoms. The molecule has 0 aliphatic carbocycles. The van der Waals surface area contributed by atoms with Gasteiger partial charge in [0.1, 0.15) is 5.75 Å². The van der Waals surface area contributed by atoms with Crippen LogP contribution in [0.15, 0.2) is 36.4 Å². The zero-order valence-corrected chi connectivity index (χ0v) is 11.1. The molecule has 2 aromatic rings. The number of fused-ring (bicyclic) bond motifs is 3. The lowest BCUT2D eigenvalue weighted by Crippen LogP contribution is -2.32. The molecule has 0 amide bonds. The lowest BCUT2D eigenvalue weighted by molar-refractivity contribution is -0.00579. The SMILES string of the molecule is COC(C)(C)C1COc2ccc3ccccc3c21. The summed E-state index contributed by atoms with van der Waals surface area (Å²) in [5.41, 5.74) is 1.08. The highest BCUT2D eigenvalue weighted by molar-refractivity contribution is 5.89. The van der Waals surface area contributed by atoms with E-state index < -0.39 is 0 Å². The first-order valence-corrected chi connectivity index (χ1v) is 6.33. The molecule has 1 aliphatic rings. The number of hydrogen-bond donors (Lipinski definition) is 0. The Hall–Kier alpha value is -1.54. The van der Waals surface area contributed by atoms with E-state index in [0.717, 1.165) is 5.75 Å². The van der Waals surface area contributed by atoms with Gasteiger partial charge in [0, 0.05) is 12.7 Å². The van der Waals surface area contributed by atoms with Crippen molar-refractivity contribution >= 4 is 10.8 Å². The smallest absolute Gasteiger partial charge is 0.123 e. The third-order valence-electron chi connectivity index (χ3n) is 4.05. The molecular weight excluding hydrogens is 224 g/mol. The van der Waals surface area contributed by atoms with Crippen molar-refractivity contribution in [1.82, 2.24) is 0 Å². The van der Waals surface area contributed by atoms with Crippen LogP contribution in [0.5, 0.6) is 5.75 Å². The van der Waals surface area contributed by atoms with Gasteiger partial charge in [-0.25, -0.2) is 0 Å². The molecule has 0 radical (unpaired) electrons. The van der Waals surface area contributed by atoms with E-state index >= 15 is 0 Å². The fourth-order valence-corrected chi connectivity index (χ4v) is 2.71. The molecular formula is C16H18O2. The monoisotopic (exact) mass is 242 g/mol. The highest BCUT2D eigenvalue weighted by Gasteiger charge is 2.38. The highest BCUT2D eigenvalue weighted by Crippen LogP contribution is 2.45. The van der Waals surface area contributed by atoms with E-state index in [-0.39, 0.29) is 11.5 Å². The van der Waals surface area contributed by atoms with Gasteiger partial charge < -0.3 is 9.47 Å². The first kappa shape index (κ1) is 11.5. The van der Waals surface area contributed by atoms with Gasteiger partial charge in [-0.15, -0.1) is 0 Å². The van der Waals surface area contributed by atoms with Crippen LogP contribution in [0.3, 0.4) is 0 Å². The zero-order valence-electron chi connectivity index (χ0n) is 11.1. The highest BCUT2D eigenvalue weighted by atomic mass is 16.5. The molecule has 0 N–H and O–H groups in total. The van der Waals surface area contributed by atoms with Gasteiger partial charge in [-0.1, -0.05) is 30.3 Å². The lowest BCUT2D eigenvalue weighted by Gasteiger charge is -2.29. The fourth-order valence-electron chi connectivity index (χ4n) is 2.71. The molecule has 0 fully saturated rings. The van der Waals surface area contributed by atoms with E-state index in [1.54, 1.807) is 7.11 Å². The predicted octanol–water partition coefficient (Wildman–Crippen LogP) is 3.74. The molecule has 3 rings (SSSR count). The Kier molecular flexibility index (Phi) is 2.56. The van der Waals surface area contributed by atoms with Crippen LogP contribution in [0, 0.1) is 0 Å². The molecule has 0 spiro atoms. The summed E-state index contributed by atoms with van der Waals surface area (Å²) < 4.78 is 11.5. The molecule has 18 heavy (non-hydrogen) atoms. The zero-order chi connectivity index (χ0) is 12.8. The predicted molar refractivity (Wildman–Crippen MR) is 73.3 cm³/mol. The second kappa shape index (κ2) is 3.99. The summed E-state index contributed by atoms with van der Waals surface area (Å²) in [7, 11) is 1.77. The summed E-state index contributed by atoms with van der Waals surface area (Å²) in [5.74, 6) is 1.28. The maximum absolute atomic E-state index is 5.83. The second-order valence-corrected chi connectivity index (χ2v) is 5.37. The Balaban J connectivity index is 2.23. The number of ether oxygens (including phenoxy) is 2. The summed E-state index contributed by atoms with van der Waals surface area (Å²) >= 11 is 0. The molecule has 2 aromatic carbocycles. The minimum atomic E-state index is -0.213. The number of benzene rings is 2. The average Bonchev–Trinajstić information content (AvgIpc) is 2.83. The van der Waals surface area contributed by atoms with Crippen LogP contribution in [-0.4, -0.2) is 19.3 Å². The maximum atomic E-state index is 5.83. The topological polar surface area (TPSA) is 18.5 Å². The van der Waals surface area contributed by atoms with Crippen molar-refractivity contribution in [3.63, 3.8) is 0 Å². The Morgan fingerprint density at radius 2 is 1.94 bits per heavy atom. The summed E-state index contributed by atoms with van der Waals surface area (Å²) in [6, 6.07) is 12.7. The number of methoxy groups -OCH3 is 1. The third kappa shape index (κ3) is 1.60. The Labute approximate surface area is 108 Å². The first-order valence-electron chi connectivity index (χ1n) is 6.33. The Morgan fingerprint density at radius 3 is 2.72 bits per heavy atom. The molecule has 0 bridgehead atoms. The molecule has 0 saturated heterocycles. The van der Waals surface area contributed by atoms with E-state index in [0.29, 0.717) is 6.61 Å².